The molecule has 1 saturated heterocycles. The minimum atomic E-state index is -0.556. The maximum absolute atomic E-state index is 12.7. The Morgan fingerprint density at radius 1 is 1.21 bits per heavy atom. The van der Waals surface area contributed by atoms with Crippen LogP contribution in [0, 0.1) is 0 Å². The highest BCUT2D eigenvalue weighted by atomic mass is 35.5. The monoisotopic (exact) mass is 400 g/mol. The molecule has 2 amide bonds. The van der Waals surface area contributed by atoms with E-state index in [1.54, 1.807) is 42.3 Å². The van der Waals surface area contributed by atoms with Crippen molar-refractivity contribution in [2.24, 2.45) is 0 Å². The van der Waals surface area contributed by atoms with Gasteiger partial charge >= 0.3 is 6.03 Å². The van der Waals surface area contributed by atoms with Gasteiger partial charge in [-0.25, -0.2) is 4.79 Å². The summed E-state index contributed by atoms with van der Waals surface area (Å²) in [6, 6.07) is 12.2. The summed E-state index contributed by atoms with van der Waals surface area (Å²) >= 11 is 6.11. The van der Waals surface area contributed by atoms with Crippen LogP contribution < -0.4 is 14.8 Å². The van der Waals surface area contributed by atoms with Gasteiger partial charge < -0.3 is 19.7 Å². The van der Waals surface area contributed by atoms with E-state index < -0.39 is 5.60 Å². The molecule has 28 heavy (non-hydrogen) atoms. The summed E-state index contributed by atoms with van der Waals surface area (Å²) in [6.07, 6.45) is 1.51. The minimum Gasteiger partial charge on any atom is -0.497 e. The summed E-state index contributed by atoms with van der Waals surface area (Å²) < 4.78 is 11.4. The number of nitrogens with one attached hydrogen (secondary N) is 1. The van der Waals surface area contributed by atoms with Crippen LogP contribution in [0.4, 0.5) is 10.5 Å². The highest BCUT2D eigenvalue weighted by Gasteiger charge is 2.43. The number of urea groups is 1. The summed E-state index contributed by atoms with van der Waals surface area (Å²) in [4.78, 5) is 27.0. The fourth-order valence-corrected chi connectivity index (χ4v) is 3.94. The van der Waals surface area contributed by atoms with Crippen LogP contribution in [0.2, 0.25) is 5.02 Å². The number of carbonyl (C=O) groups excluding carboxylic acids is 2. The number of halogens is 1. The largest absolute Gasteiger partial charge is 0.497 e. The fourth-order valence-electron chi connectivity index (χ4n) is 3.75. The van der Waals surface area contributed by atoms with Crippen LogP contribution in [0.25, 0.3) is 0 Å². The number of piperidine rings is 1. The number of fused-ring (bicyclic) bond motifs is 1. The van der Waals surface area contributed by atoms with Crippen LogP contribution in [0.3, 0.4) is 0 Å². The van der Waals surface area contributed by atoms with Gasteiger partial charge in [0.1, 0.15) is 17.1 Å². The van der Waals surface area contributed by atoms with Crippen molar-refractivity contribution in [3.8, 4) is 11.5 Å². The van der Waals surface area contributed by atoms with Crippen LogP contribution in [0.5, 0.6) is 11.5 Å². The van der Waals surface area contributed by atoms with Gasteiger partial charge in [0.25, 0.3) is 0 Å². The van der Waals surface area contributed by atoms with Gasteiger partial charge in [0.15, 0.2) is 5.78 Å². The average Bonchev–Trinajstić information content (AvgIpc) is 2.70. The second-order valence-electron chi connectivity index (χ2n) is 7.14. The number of benzene rings is 2. The Bertz CT molecular complexity index is 922. The maximum atomic E-state index is 12.7. The molecule has 0 unspecified atom stereocenters. The van der Waals surface area contributed by atoms with Gasteiger partial charge in [-0.15, -0.1) is 0 Å². The second kappa shape index (κ2) is 7.36. The number of Topliss-reactive ketones (excluding diaryl/α,β-unsaturated/α-hetero) is 1. The van der Waals surface area contributed by atoms with Crippen molar-refractivity contribution in [1.29, 1.82) is 0 Å². The summed E-state index contributed by atoms with van der Waals surface area (Å²) in [6.45, 7) is 1.02. The van der Waals surface area contributed by atoms with Crippen molar-refractivity contribution in [1.82, 2.24) is 4.90 Å². The van der Waals surface area contributed by atoms with Gasteiger partial charge in [-0.1, -0.05) is 23.7 Å². The van der Waals surface area contributed by atoms with Crippen molar-refractivity contribution in [2.45, 2.75) is 24.9 Å². The minimum absolute atomic E-state index is 0.0501. The zero-order valence-corrected chi connectivity index (χ0v) is 16.3. The van der Waals surface area contributed by atoms with E-state index in [1.165, 1.54) is 0 Å². The van der Waals surface area contributed by atoms with E-state index in [0.717, 1.165) is 0 Å². The molecule has 1 fully saturated rings. The van der Waals surface area contributed by atoms with Gasteiger partial charge in [0.2, 0.25) is 0 Å². The molecule has 0 bridgehead atoms. The zero-order chi connectivity index (χ0) is 19.7. The predicted molar refractivity (Wildman–Crippen MR) is 107 cm³/mol. The van der Waals surface area contributed by atoms with E-state index in [-0.39, 0.29) is 11.8 Å². The molecular formula is C21H21ClN2O4. The average molecular weight is 401 g/mol. The second-order valence-corrected chi connectivity index (χ2v) is 7.55. The smallest absolute Gasteiger partial charge is 0.321 e. The molecule has 2 aromatic carbocycles. The molecule has 0 atom stereocenters. The number of ether oxygens (including phenoxy) is 2. The summed E-state index contributed by atoms with van der Waals surface area (Å²) in [5.41, 5.74) is 0.588. The topological polar surface area (TPSA) is 67.9 Å². The number of anilines is 1. The number of rotatable bonds is 2. The molecular weight excluding hydrogens is 380 g/mol. The van der Waals surface area contributed by atoms with Crippen molar-refractivity contribution < 1.29 is 19.1 Å². The number of hydrogen-bond acceptors (Lipinski definition) is 4. The highest BCUT2D eigenvalue weighted by Crippen LogP contribution is 2.40. The lowest BCUT2D eigenvalue weighted by Crippen LogP contribution is -2.53. The molecule has 6 nitrogen and oxygen atoms in total. The highest BCUT2D eigenvalue weighted by molar-refractivity contribution is 6.33. The number of carbonyl (C=O) groups is 2. The van der Waals surface area contributed by atoms with Gasteiger partial charge in [0, 0.05) is 25.9 Å². The third kappa shape index (κ3) is 3.52. The van der Waals surface area contributed by atoms with Crippen molar-refractivity contribution in [3.05, 3.63) is 53.1 Å². The van der Waals surface area contributed by atoms with Gasteiger partial charge in [-0.05, 0) is 30.3 Å². The van der Waals surface area contributed by atoms with Gasteiger partial charge in [-0.2, -0.15) is 0 Å². The third-order valence-electron chi connectivity index (χ3n) is 5.37. The zero-order valence-electron chi connectivity index (χ0n) is 15.5. The molecule has 7 heteroatoms. The molecule has 2 aliphatic rings. The Morgan fingerprint density at radius 2 is 1.96 bits per heavy atom. The van der Waals surface area contributed by atoms with Crippen molar-refractivity contribution in [2.75, 3.05) is 25.5 Å². The lowest BCUT2D eigenvalue weighted by Gasteiger charge is -2.43. The Hall–Kier alpha value is -2.73. The van der Waals surface area contributed by atoms with Gasteiger partial charge in [-0.3, -0.25) is 4.79 Å². The Balaban J connectivity index is 1.43. The van der Waals surface area contributed by atoms with Crippen LogP contribution in [-0.4, -0.2) is 42.5 Å². The van der Waals surface area contributed by atoms with Crippen LogP contribution in [-0.2, 0) is 0 Å². The quantitative estimate of drug-likeness (QED) is 0.812. The van der Waals surface area contributed by atoms with Crippen LogP contribution in [0.1, 0.15) is 29.6 Å². The number of para-hydroxylation sites is 1. The predicted octanol–water partition coefficient (Wildman–Crippen LogP) is 4.38. The molecule has 0 radical (unpaired) electrons. The Labute approximate surface area is 168 Å². The molecule has 1 N–H and O–H groups in total. The van der Waals surface area contributed by atoms with Crippen molar-refractivity contribution in [3.63, 3.8) is 0 Å². The molecule has 0 aliphatic carbocycles. The molecule has 0 aromatic heterocycles. The fraction of sp³-hybridized carbons (Fsp3) is 0.333. The number of likely N-dealkylation sites (tertiary alicyclic amines) is 1. The van der Waals surface area contributed by atoms with E-state index in [0.29, 0.717) is 60.1 Å². The first-order valence-corrected chi connectivity index (χ1v) is 9.58. The lowest BCUT2D eigenvalue weighted by molar-refractivity contribution is 0.000318. The standard InChI is InChI=1S/C21H21ClN2O4/c1-27-14-6-7-19-15(12-14)18(25)13-21(28-19)8-10-24(11-9-21)20(26)23-17-5-3-2-4-16(17)22/h2-7,12H,8-11,13H2,1H3,(H,23,26). The molecule has 1 spiro atoms. The number of hydrogen-bond donors (Lipinski definition) is 1. The number of methoxy groups -OCH3 is 1. The molecule has 4 rings (SSSR count). The Kier molecular flexibility index (Phi) is 4.89. The maximum Gasteiger partial charge on any atom is 0.321 e. The first-order valence-electron chi connectivity index (χ1n) is 9.20. The molecule has 2 aromatic rings. The van der Waals surface area contributed by atoms with E-state index >= 15 is 0 Å². The third-order valence-corrected chi connectivity index (χ3v) is 5.70. The van der Waals surface area contributed by atoms with E-state index in [2.05, 4.69) is 5.32 Å². The summed E-state index contributed by atoms with van der Waals surface area (Å²) in [5, 5.41) is 3.34. The van der Waals surface area contributed by atoms with Crippen LogP contribution in [0.15, 0.2) is 42.5 Å². The Morgan fingerprint density at radius 3 is 2.68 bits per heavy atom. The van der Waals surface area contributed by atoms with E-state index in [9.17, 15) is 9.59 Å². The first kappa shape index (κ1) is 18.6. The molecule has 0 saturated carbocycles. The molecule has 146 valence electrons. The van der Waals surface area contributed by atoms with E-state index in [4.69, 9.17) is 21.1 Å². The summed E-state index contributed by atoms with van der Waals surface area (Å²) in [5.74, 6) is 1.28. The lowest BCUT2D eigenvalue weighted by atomic mass is 9.82. The van der Waals surface area contributed by atoms with Gasteiger partial charge in [0.05, 0.1) is 29.8 Å². The van der Waals surface area contributed by atoms with E-state index in [1.807, 2.05) is 12.1 Å². The number of amides is 2. The normalized spacial score (nSPS) is 17.6. The number of nitrogens with zero attached hydrogens (tertiary/aromatic N) is 1. The van der Waals surface area contributed by atoms with Crippen molar-refractivity contribution >= 4 is 29.1 Å². The van der Waals surface area contributed by atoms with Crippen LogP contribution >= 0.6 is 11.6 Å². The number of ketones is 1. The summed E-state index contributed by atoms with van der Waals surface area (Å²) in [7, 11) is 1.57. The molecule has 2 aliphatic heterocycles. The molecule has 2 heterocycles. The first-order chi connectivity index (χ1) is 13.5. The SMILES string of the molecule is COc1ccc2c(c1)C(=O)CC1(CCN(C(=O)Nc3ccccc3Cl)CC1)O2.